The molecule has 0 bridgehead atoms. The number of carbonyl (C=O) groups excluding carboxylic acids is 1. The van der Waals surface area contributed by atoms with Crippen LogP contribution in [0.25, 0.3) is 6.08 Å². The summed E-state index contributed by atoms with van der Waals surface area (Å²) in [5.74, 6) is 0.568. The first-order valence-electron chi connectivity index (χ1n) is 7.39. The molecule has 0 unspecified atom stereocenters. The predicted molar refractivity (Wildman–Crippen MR) is 101 cm³/mol. The van der Waals surface area contributed by atoms with Gasteiger partial charge in [-0.2, -0.15) is 5.26 Å². The Bertz CT molecular complexity index is 852. The average Bonchev–Trinajstić information content (AvgIpc) is 2.60. The van der Waals surface area contributed by atoms with E-state index >= 15 is 0 Å². The molecule has 0 aromatic heterocycles. The third-order valence-corrected chi connectivity index (χ3v) is 4.03. The first kappa shape index (κ1) is 18.6. The summed E-state index contributed by atoms with van der Waals surface area (Å²) < 4.78 is 11.2. The van der Waals surface area contributed by atoms with Gasteiger partial charge in [0.15, 0.2) is 11.5 Å². The summed E-state index contributed by atoms with van der Waals surface area (Å²) in [6.45, 7) is 1.96. The SMILES string of the molecule is COc1cc(C=C(C#N)C(=O)Nc2ccc(C)cc2)cc(Br)c1OC. The third-order valence-electron chi connectivity index (χ3n) is 3.44. The van der Waals surface area contributed by atoms with Crippen molar-refractivity contribution in [3.8, 4) is 17.6 Å². The Hall–Kier alpha value is -2.78. The van der Waals surface area contributed by atoms with Crippen LogP contribution in [0.4, 0.5) is 5.69 Å². The first-order chi connectivity index (χ1) is 12.0. The van der Waals surface area contributed by atoms with Crippen molar-refractivity contribution in [3.63, 3.8) is 0 Å². The molecule has 0 saturated heterocycles. The number of carbonyl (C=O) groups is 1. The molecule has 0 aliphatic rings. The molecular weight excluding hydrogens is 384 g/mol. The largest absolute Gasteiger partial charge is 0.493 e. The van der Waals surface area contributed by atoms with Crippen molar-refractivity contribution in [1.29, 1.82) is 5.26 Å². The zero-order valence-corrected chi connectivity index (χ0v) is 15.7. The molecule has 0 atom stereocenters. The molecule has 0 heterocycles. The maximum atomic E-state index is 12.3. The van der Waals surface area contributed by atoms with Crippen LogP contribution in [0.5, 0.6) is 11.5 Å². The Morgan fingerprint density at radius 3 is 2.44 bits per heavy atom. The normalized spacial score (nSPS) is 10.8. The Morgan fingerprint density at radius 2 is 1.88 bits per heavy atom. The lowest BCUT2D eigenvalue weighted by Crippen LogP contribution is -2.13. The number of nitrogens with zero attached hydrogens (tertiary/aromatic N) is 1. The molecular formula is C19H17BrN2O3. The Labute approximate surface area is 155 Å². The summed E-state index contributed by atoms with van der Waals surface area (Å²) >= 11 is 3.39. The number of halogens is 1. The van der Waals surface area contributed by atoms with E-state index in [1.165, 1.54) is 20.3 Å². The minimum absolute atomic E-state index is 0.0142. The minimum atomic E-state index is -0.475. The molecule has 6 heteroatoms. The van der Waals surface area contributed by atoms with E-state index in [4.69, 9.17) is 9.47 Å². The fourth-order valence-electron chi connectivity index (χ4n) is 2.17. The molecule has 5 nitrogen and oxygen atoms in total. The van der Waals surface area contributed by atoms with Crippen molar-refractivity contribution in [2.45, 2.75) is 6.92 Å². The van der Waals surface area contributed by atoms with Crippen LogP contribution in [0.3, 0.4) is 0 Å². The highest BCUT2D eigenvalue weighted by molar-refractivity contribution is 9.10. The summed E-state index contributed by atoms with van der Waals surface area (Å²) in [4.78, 5) is 12.3. The molecule has 1 amide bonds. The summed E-state index contributed by atoms with van der Waals surface area (Å²) in [6.07, 6.45) is 1.50. The molecule has 0 aliphatic carbocycles. The standard InChI is InChI=1S/C19H17BrN2O3/c1-12-4-6-15(7-5-12)22-19(23)14(11-21)8-13-9-16(20)18(25-3)17(10-13)24-2/h4-10H,1-3H3,(H,22,23). The highest BCUT2D eigenvalue weighted by Gasteiger charge is 2.13. The number of ether oxygens (including phenoxy) is 2. The topological polar surface area (TPSA) is 71.3 Å². The van der Waals surface area contributed by atoms with Crippen LogP contribution < -0.4 is 14.8 Å². The van der Waals surface area contributed by atoms with Crippen LogP contribution in [0.1, 0.15) is 11.1 Å². The van der Waals surface area contributed by atoms with Gasteiger partial charge < -0.3 is 14.8 Å². The van der Waals surface area contributed by atoms with Crippen molar-refractivity contribution < 1.29 is 14.3 Å². The van der Waals surface area contributed by atoms with E-state index in [1.807, 2.05) is 25.1 Å². The number of amides is 1. The lowest BCUT2D eigenvalue weighted by Gasteiger charge is -2.11. The van der Waals surface area contributed by atoms with Gasteiger partial charge in [-0.3, -0.25) is 4.79 Å². The maximum absolute atomic E-state index is 12.3. The van der Waals surface area contributed by atoms with Crippen LogP contribution in [-0.4, -0.2) is 20.1 Å². The van der Waals surface area contributed by atoms with Crippen LogP contribution in [0.15, 0.2) is 46.4 Å². The number of hydrogen-bond acceptors (Lipinski definition) is 4. The van der Waals surface area contributed by atoms with E-state index in [0.29, 0.717) is 27.2 Å². The van der Waals surface area contributed by atoms with Gasteiger partial charge >= 0.3 is 0 Å². The quantitative estimate of drug-likeness (QED) is 0.599. The van der Waals surface area contributed by atoms with E-state index in [0.717, 1.165) is 5.56 Å². The number of methoxy groups -OCH3 is 2. The molecule has 0 fully saturated rings. The number of nitriles is 1. The van der Waals surface area contributed by atoms with Gasteiger partial charge in [-0.05, 0) is 58.8 Å². The second-order valence-corrected chi connectivity index (χ2v) is 6.08. The fraction of sp³-hybridized carbons (Fsp3) is 0.158. The van der Waals surface area contributed by atoms with Crippen molar-refractivity contribution in [3.05, 3.63) is 57.6 Å². The lowest BCUT2D eigenvalue weighted by atomic mass is 10.1. The second kappa shape index (κ2) is 8.36. The highest BCUT2D eigenvalue weighted by atomic mass is 79.9. The van der Waals surface area contributed by atoms with Crippen molar-refractivity contribution in [1.82, 2.24) is 0 Å². The van der Waals surface area contributed by atoms with Crippen LogP contribution >= 0.6 is 15.9 Å². The first-order valence-corrected chi connectivity index (χ1v) is 8.19. The van der Waals surface area contributed by atoms with Gasteiger partial charge in [-0.25, -0.2) is 0 Å². The second-order valence-electron chi connectivity index (χ2n) is 5.23. The van der Waals surface area contributed by atoms with E-state index in [9.17, 15) is 10.1 Å². The number of benzene rings is 2. The molecule has 128 valence electrons. The Kier molecular flexibility index (Phi) is 6.20. The van der Waals surface area contributed by atoms with Gasteiger partial charge in [-0.15, -0.1) is 0 Å². The molecule has 0 spiro atoms. The maximum Gasteiger partial charge on any atom is 0.266 e. The molecule has 2 rings (SSSR count). The monoisotopic (exact) mass is 400 g/mol. The van der Waals surface area contributed by atoms with Gasteiger partial charge in [0.05, 0.1) is 18.7 Å². The van der Waals surface area contributed by atoms with Crippen LogP contribution in [-0.2, 0) is 4.79 Å². The molecule has 1 N–H and O–H groups in total. The summed E-state index contributed by atoms with van der Waals surface area (Å²) in [6, 6.07) is 12.7. The van der Waals surface area contributed by atoms with E-state index in [1.54, 1.807) is 24.3 Å². The van der Waals surface area contributed by atoms with Gasteiger partial charge in [0.25, 0.3) is 5.91 Å². The smallest absolute Gasteiger partial charge is 0.266 e. The van der Waals surface area contributed by atoms with Crippen molar-refractivity contribution in [2.75, 3.05) is 19.5 Å². The summed E-state index contributed by atoms with van der Waals surface area (Å²) in [5, 5.41) is 12.0. The van der Waals surface area contributed by atoms with Gasteiger partial charge in [0.2, 0.25) is 0 Å². The van der Waals surface area contributed by atoms with E-state index in [-0.39, 0.29) is 5.57 Å². The van der Waals surface area contributed by atoms with Crippen molar-refractivity contribution in [2.24, 2.45) is 0 Å². The number of hydrogen-bond donors (Lipinski definition) is 1. The van der Waals surface area contributed by atoms with Crippen molar-refractivity contribution >= 4 is 33.6 Å². The molecule has 25 heavy (non-hydrogen) atoms. The predicted octanol–water partition coefficient (Wildman–Crippen LogP) is 4.32. The average molecular weight is 401 g/mol. The molecule has 2 aromatic rings. The number of nitrogens with one attached hydrogen (secondary N) is 1. The molecule has 0 radical (unpaired) electrons. The summed E-state index contributed by atoms with van der Waals surface area (Å²) in [7, 11) is 3.06. The lowest BCUT2D eigenvalue weighted by molar-refractivity contribution is -0.112. The van der Waals surface area contributed by atoms with Gasteiger partial charge in [0.1, 0.15) is 11.6 Å². The highest BCUT2D eigenvalue weighted by Crippen LogP contribution is 2.36. The third kappa shape index (κ3) is 4.61. The van der Waals surface area contributed by atoms with E-state index in [2.05, 4.69) is 21.2 Å². The minimum Gasteiger partial charge on any atom is -0.493 e. The Morgan fingerprint density at radius 1 is 1.20 bits per heavy atom. The Balaban J connectivity index is 2.30. The van der Waals surface area contributed by atoms with Crippen LogP contribution in [0.2, 0.25) is 0 Å². The summed E-state index contributed by atoms with van der Waals surface area (Å²) in [5.41, 5.74) is 2.34. The number of rotatable bonds is 5. The zero-order valence-electron chi connectivity index (χ0n) is 14.1. The molecule has 0 aliphatic heterocycles. The number of anilines is 1. The number of aryl methyl sites for hydroxylation is 1. The van der Waals surface area contributed by atoms with Gasteiger partial charge in [-0.1, -0.05) is 17.7 Å². The molecule has 0 saturated carbocycles. The van der Waals surface area contributed by atoms with Crippen LogP contribution in [0, 0.1) is 18.3 Å². The van der Waals surface area contributed by atoms with Gasteiger partial charge in [0, 0.05) is 5.69 Å². The fourth-order valence-corrected chi connectivity index (χ4v) is 2.79. The van der Waals surface area contributed by atoms with E-state index < -0.39 is 5.91 Å². The zero-order chi connectivity index (χ0) is 18.4. The molecule has 2 aromatic carbocycles.